The maximum Gasteiger partial charge on any atom is 0.0707 e. The van der Waals surface area contributed by atoms with Gasteiger partial charge in [-0.05, 0) is 39.5 Å². The van der Waals surface area contributed by atoms with E-state index in [1.807, 2.05) is 13.8 Å². The molecule has 0 spiro atoms. The predicted octanol–water partition coefficient (Wildman–Crippen LogP) is 2.97. The Balaban J connectivity index is 3.74. The summed E-state index contributed by atoms with van der Waals surface area (Å²) in [6, 6.07) is 0. The Morgan fingerprint density at radius 2 is 1.41 bits per heavy atom. The van der Waals surface area contributed by atoms with Crippen molar-refractivity contribution in [3.8, 4) is 0 Å². The highest BCUT2D eigenvalue weighted by Gasteiger charge is 2.25. The first-order valence-corrected chi connectivity index (χ1v) is 6.42. The smallest absolute Gasteiger partial charge is 0.0707 e. The second kappa shape index (κ2) is 6.17. The van der Waals surface area contributed by atoms with Gasteiger partial charge in [0, 0.05) is 5.54 Å². The molecule has 0 rings (SSSR count). The Morgan fingerprint density at radius 1 is 0.882 bits per heavy atom. The lowest BCUT2D eigenvalue weighted by Crippen LogP contribution is -2.38. The van der Waals surface area contributed by atoms with Gasteiger partial charge in [-0.1, -0.05) is 20.8 Å². The molecular formula is C14H31NO2. The Kier molecular flexibility index (Phi) is 6.12. The van der Waals surface area contributed by atoms with Gasteiger partial charge < -0.3 is 15.2 Å². The summed E-state index contributed by atoms with van der Waals surface area (Å²) in [6.07, 6.45) is 1.03. The van der Waals surface area contributed by atoms with Gasteiger partial charge in [-0.15, -0.1) is 0 Å². The molecule has 0 bridgehead atoms. The van der Waals surface area contributed by atoms with Crippen LogP contribution in [0.4, 0.5) is 0 Å². The van der Waals surface area contributed by atoms with E-state index < -0.39 is 0 Å². The molecule has 0 aromatic rings. The third-order valence-electron chi connectivity index (χ3n) is 2.15. The molecule has 0 atom stereocenters. The molecule has 0 aromatic heterocycles. The van der Waals surface area contributed by atoms with E-state index in [1.54, 1.807) is 0 Å². The zero-order chi connectivity index (χ0) is 13.7. The van der Waals surface area contributed by atoms with E-state index in [4.69, 9.17) is 15.2 Å². The SMILES string of the molecule is CC(C)(C)CC(C)(C)OCCOCC(C)(C)N. The van der Waals surface area contributed by atoms with Crippen LogP contribution in [0.15, 0.2) is 0 Å². The van der Waals surface area contributed by atoms with Crippen LogP contribution in [0.1, 0.15) is 54.9 Å². The summed E-state index contributed by atoms with van der Waals surface area (Å²) in [7, 11) is 0. The lowest BCUT2D eigenvalue weighted by atomic mass is 9.84. The lowest BCUT2D eigenvalue weighted by molar-refractivity contribution is -0.0678. The standard InChI is InChI=1S/C14H31NO2/c1-12(2,3)10-14(6,7)17-9-8-16-11-13(4,5)15/h8-11,15H2,1-7H3. The molecule has 104 valence electrons. The minimum Gasteiger partial charge on any atom is -0.377 e. The fourth-order valence-corrected chi connectivity index (χ4v) is 2.04. The summed E-state index contributed by atoms with van der Waals surface area (Å²) < 4.78 is 11.3. The highest BCUT2D eigenvalue weighted by molar-refractivity contribution is 4.77. The largest absolute Gasteiger partial charge is 0.377 e. The van der Waals surface area contributed by atoms with Gasteiger partial charge in [0.1, 0.15) is 0 Å². The zero-order valence-electron chi connectivity index (χ0n) is 12.7. The first kappa shape index (κ1) is 16.9. The molecule has 17 heavy (non-hydrogen) atoms. The molecule has 0 aliphatic carbocycles. The maximum absolute atomic E-state index is 5.85. The third kappa shape index (κ3) is 12.1. The van der Waals surface area contributed by atoms with Gasteiger partial charge in [-0.3, -0.25) is 0 Å². The topological polar surface area (TPSA) is 44.5 Å². The van der Waals surface area contributed by atoms with E-state index in [0.29, 0.717) is 19.8 Å². The summed E-state index contributed by atoms with van der Waals surface area (Å²) in [4.78, 5) is 0. The number of nitrogens with two attached hydrogens (primary N) is 1. The van der Waals surface area contributed by atoms with E-state index in [2.05, 4.69) is 34.6 Å². The van der Waals surface area contributed by atoms with Crippen LogP contribution >= 0.6 is 0 Å². The highest BCUT2D eigenvalue weighted by Crippen LogP contribution is 2.29. The van der Waals surface area contributed by atoms with Crippen LogP contribution in [-0.2, 0) is 9.47 Å². The molecule has 0 aromatic carbocycles. The Hall–Kier alpha value is -0.120. The van der Waals surface area contributed by atoms with Crippen LogP contribution in [0.3, 0.4) is 0 Å². The van der Waals surface area contributed by atoms with E-state index in [9.17, 15) is 0 Å². The van der Waals surface area contributed by atoms with Crippen LogP contribution < -0.4 is 5.73 Å². The third-order valence-corrected chi connectivity index (χ3v) is 2.15. The molecule has 3 nitrogen and oxygen atoms in total. The molecule has 0 saturated heterocycles. The summed E-state index contributed by atoms with van der Waals surface area (Å²) in [5.74, 6) is 0. The van der Waals surface area contributed by atoms with Crippen molar-refractivity contribution in [2.45, 2.75) is 66.0 Å². The molecule has 0 aliphatic heterocycles. The molecule has 0 aliphatic rings. The molecular weight excluding hydrogens is 214 g/mol. The highest BCUT2D eigenvalue weighted by atomic mass is 16.5. The van der Waals surface area contributed by atoms with Crippen LogP contribution in [0.25, 0.3) is 0 Å². The number of hydrogen-bond acceptors (Lipinski definition) is 3. The van der Waals surface area contributed by atoms with Crippen molar-refractivity contribution in [2.75, 3.05) is 19.8 Å². The van der Waals surface area contributed by atoms with E-state index in [-0.39, 0.29) is 16.6 Å². The van der Waals surface area contributed by atoms with E-state index in [1.165, 1.54) is 0 Å². The fourth-order valence-electron chi connectivity index (χ4n) is 2.04. The van der Waals surface area contributed by atoms with Gasteiger partial charge in [-0.2, -0.15) is 0 Å². The molecule has 0 radical (unpaired) electrons. The van der Waals surface area contributed by atoms with E-state index in [0.717, 1.165) is 6.42 Å². The number of hydrogen-bond donors (Lipinski definition) is 1. The fraction of sp³-hybridized carbons (Fsp3) is 1.00. The molecule has 0 unspecified atom stereocenters. The van der Waals surface area contributed by atoms with Gasteiger partial charge in [0.05, 0.1) is 25.4 Å². The monoisotopic (exact) mass is 245 g/mol. The van der Waals surface area contributed by atoms with Crippen molar-refractivity contribution in [2.24, 2.45) is 11.1 Å². The summed E-state index contributed by atoms with van der Waals surface area (Å²) in [6.45, 7) is 16.6. The summed E-state index contributed by atoms with van der Waals surface area (Å²) in [5, 5.41) is 0. The Bertz CT molecular complexity index is 211. The molecule has 0 heterocycles. The predicted molar refractivity (Wildman–Crippen MR) is 73.2 cm³/mol. The van der Waals surface area contributed by atoms with Crippen molar-refractivity contribution >= 4 is 0 Å². The lowest BCUT2D eigenvalue weighted by Gasteiger charge is -2.32. The van der Waals surface area contributed by atoms with Crippen molar-refractivity contribution in [1.29, 1.82) is 0 Å². The second-order valence-corrected chi connectivity index (χ2v) is 7.39. The first-order valence-electron chi connectivity index (χ1n) is 6.42. The van der Waals surface area contributed by atoms with Crippen molar-refractivity contribution in [1.82, 2.24) is 0 Å². The minimum absolute atomic E-state index is 0.0974. The zero-order valence-corrected chi connectivity index (χ0v) is 12.7. The van der Waals surface area contributed by atoms with Gasteiger partial charge in [0.2, 0.25) is 0 Å². The van der Waals surface area contributed by atoms with E-state index >= 15 is 0 Å². The molecule has 0 amide bonds. The average Bonchev–Trinajstić information content (AvgIpc) is 1.95. The maximum atomic E-state index is 5.85. The summed E-state index contributed by atoms with van der Waals surface area (Å²) >= 11 is 0. The van der Waals surface area contributed by atoms with Crippen LogP contribution in [-0.4, -0.2) is 31.0 Å². The Labute approximate surface area is 107 Å². The van der Waals surface area contributed by atoms with Gasteiger partial charge in [-0.25, -0.2) is 0 Å². The van der Waals surface area contributed by atoms with Crippen LogP contribution in [0.2, 0.25) is 0 Å². The van der Waals surface area contributed by atoms with Crippen LogP contribution in [0, 0.1) is 5.41 Å². The normalized spacial score (nSPS) is 14.1. The van der Waals surface area contributed by atoms with Crippen molar-refractivity contribution < 1.29 is 9.47 Å². The van der Waals surface area contributed by atoms with Crippen molar-refractivity contribution in [3.05, 3.63) is 0 Å². The van der Waals surface area contributed by atoms with Crippen molar-refractivity contribution in [3.63, 3.8) is 0 Å². The number of rotatable bonds is 7. The van der Waals surface area contributed by atoms with Gasteiger partial charge in [0.15, 0.2) is 0 Å². The minimum atomic E-state index is -0.263. The van der Waals surface area contributed by atoms with Gasteiger partial charge >= 0.3 is 0 Å². The van der Waals surface area contributed by atoms with Crippen LogP contribution in [0.5, 0.6) is 0 Å². The molecule has 0 saturated carbocycles. The Morgan fingerprint density at radius 3 is 1.82 bits per heavy atom. The molecule has 2 N–H and O–H groups in total. The summed E-state index contributed by atoms with van der Waals surface area (Å²) in [5.41, 5.74) is 5.74. The number of ether oxygens (including phenoxy) is 2. The molecule has 3 heteroatoms. The average molecular weight is 245 g/mol. The molecule has 0 fully saturated rings. The van der Waals surface area contributed by atoms with Gasteiger partial charge in [0.25, 0.3) is 0 Å². The quantitative estimate of drug-likeness (QED) is 0.701. The second-order valence-electron chi connectivity index (χ2n) is 7.39. The first-order chi connectivity index (χ1) is 7.41.